The van der Waals surface area contributed by atoms with Crippen LogP contribution in [0.1, 0.15) is 148 Å². The Morgan fingerprint density at radius 2 is 0.643 bits per heavy atom. The fourth-order valence-corrected chi connectivity index (χ4v) is 4.76. The van der Waals surface area contributed by atoms with Gasteiger partial charge in [-0.05, 0) is 61.5 Å². The van der Waals surface area contributed by atoms with Crippen molar-refractivity contribution < 1.29 is 38.1 Å². The molecule has 0 amide bonds. The van der Waals surface area contributed by atoms with Gasteiger partial charge >= 0.3 is 23.9 Å². The summed E-state index contributed by atoms with van der Waals surface area (Å²) in [5.74, 6) is -2.59. The number of carbonyl (C=O) groups excluding carboxylic acids is 4. The van der Waals surface area contributed by atoms with E-state index in [0.29, 0.717) is 0 Å². The number of rotatable bonds is 20. The van der Waals surface area contributed by atoms with Gasteiger partial charge in [0.15, 0.2) is 0 Å². The molecule has 1 rings (SSSR count). The highest BCUT2D eigenvalue weighted by Gasteiger charge is 2.29. The highest BCUT2D eigenvalue weighted by molar-refractivity contribution is 6.10. The highest BCUT2D eigenvalue weighted by Crippen LogP contribution is 2.24. The standard InChI is InChI=1S/C34H54O8/c1-9-13-23(5)19-39-31(35)27-17-29(33(37)41-21-25(7)15-11-3)30(34(38)42-22-26(8)16-12-4)18-28(27)32(36)40-20-24(6)14-10-2/h17-18,23-26H,9-16,19-22H2,1-8H3. The molecular formula is C34H54O8. The molecule has 0 radical (unpaired) electrons. The van der Waals surface area contributed by atoms with Crippen LogP contribution in [0.4, 0.5) is 0 Å². The van der Waals surface area contributed by atoms with E-state index in [4.69, 9.17) is 18.9 Å². The van der Waals surface area contributed by atoms with E-state index in [9.17, 15) is 19.2 Å². The highest BCUT2D eigenvalue weighted by atomic mass is 16.5. The van der Waals surface area contributed by atoms with Gasteiger partial charge in [0.2, 0.25) is 0 Å². The van der Waals surface area contributed by atoms with Crippen LogP contribution in [0.2, 0.25) is 0 Å². The molecule has 238 valence electrons. The van der Waals surface area contributed by atoms with E-state index >= 15 is 0 Å². The minimum Gasteiger partial charge on any atom is -0.462 e. The van der Waals surface area contributed by atoms with E-state index in [1.54, 1.807) is 0 Å². The number of esters is 4. The first-order valence-corrected chi connectivity index (χ1v) is 15.8. The van der Waals surface area contributed by atoms with Crippen molar-refractivity contribution in [1.82, 2.24) is 0 Å². The maximum atomic E-state index is 13.3. The van der Waals surface area contributed by atoms with Crippen LogP contribution in [-0.2, 0) is 18.9 Å². The molecule has 0 saturated heterocycles. The molecule has 1 aromatic rings. The maximum absolute atomic E-state index is 13.3. The number of benzene rings is 1. The molecule has 8 heteroatoms. The molecule has 1 aromatic carbocycles. The van der Waals surface area contributed by atoms with Gasteiger partial charge in [0.05, 0.1) is 48.7 Å². The van der Waals surface area contributed by atoms with Gasteiger partial charge in [-0.2, -0.15) is 0 Å². The van der Waals surface area contributed by atoms with Crippen molar-refractivity contribution in [2.45, 2.75) is 107 Å². The van der Waals surface area contributed by atoms with Gasteiger partial charge in [0.25, 0.3) is 0 Å². The zero-order chi connectivity index (χ0) is 31.7. The molecule has 0 aliphatic heterocycles. The first kappa shape index (κ1) is 37.1. The molecule has 0 aliphatic carbocycles. The Hall–Kier alpha value is -2.90. The Bertz CT molecular complexity index is 847. The molecule has 0 heterocycles. The first-order valence-electron chi connectivity index (χ1n) is 15.8. The molecule has 0 N–H and O–H groups in total. The van der Waals surface area contributed by atoms with Crippen LogP contribution in [0.3, 0.4) is 0 Å². The Morgan fingerprint density at radius 1 is 0.452 bits per heavy atom. The topological polar surface area (TPSA) is 105 Å². The zero-order valence-corrected chi connectivity index (χ0v) is 27.2. The zero-order valence-electron chi connectivity index (χ0n) is 27.2. The average Bonchev–Trinajstić information content (AvgIpc) is 2.96. The minimum atomic E-state index is -0.767. The van der Waals surface area contributed by atoms with Gasteiger partial charge in [-0.15, -0.1) is 0 Å². The second-order valence-corrected chi connectivity index (χ2v) is 11.9. The molecule has 0 spiro atoms. The molecule has 4 atom stereocenters. The van der Waals surface area contributed by atoms with Crippen molar-refractivity contribution in [3.8, 4) is 0 Å². The molecule has 0 fully saturated rings. The van der Waals surface area contributed by atoms with Crippen LogP contribution in [0, 0.1) is 23.7 Å². The molecule has 42 heavy (non-hydrogen) atoms. The lowest BCUT2D eigenvalue weighted by molar-refractivity contribution is 0.0381. The SMILES string of the molecule is CCCC(C)COC(=O)c1cc(C(=O)OCC(C)CCC)c(C(=O)OCC(C)CCC)cc1C(=O)OCC(C)CCC. The Kier molecular flexibility index (Phi) is 17.8. The summed E-state index contributed by atoms with van der Waals surface area (Å²) in [7, 11) is 0. The Labute approximate surface area is 253 Å². The van der Waals surface area contributed by atoms with E-state index in [0.717, 1.165) is 51.4 Å². The van der Waals surface area contributed by atoms with Crippen molar-refractivity contribution >= 4 is 23.9 Å². The monoisotopic (exact) mass is 590 g/mol. The number of hydrogen-bond donors (Lipinski definition) is 0. The summed E-state index contributed by atoms with van der Waals surface area (Å²) < 4.78 is 22.2. The largest absolute Gasteiger partial charge is 0.462 e. The second-order valence-electron chi connectivity index (χ2n) is 11.9. The maximum Gasteiger partial charge on any atom is 0.339 e. The summed E-state index contributed by atoms with van der Waals surface area (Å²) >= 11 is 0. The lowest BCUT2D eigenvalue weighted by Crippen LogP contribution is -2.23. The van der Waals surface area contributed by atoms with Crippen molar-refractivity contribution in [2.75, 3.05) is 26.4 Å². The fourth-order valence-electron chi connectivity index (χ4n) is 4.76. The molecule has 0 saturated carbocycles. The molecular weight excluding hydrogens is 536 g/mol. The van der Waals surface area contributed by atoms with Crippen LogP contribution in [0.25, 0.3) is 0 Å². The molecule has 4 unspecified atom stereocenters. The van der Waals surface area contributed by atoms with Crippen molar-refractivity contribution in [2.24, 2.45) is 23.7 Å². The summed E-state index contributed by atoms with van der Waals surface area (Å²) in [6.45, 7) is 16.7. The molecule has 0 aliphatic rings. The summed E-state index contributed by atoms with van der Waals surface area (Å²) in [6, 6.07) is 2.44. The van der Waals surface area contributed by atoms with Gasteiger partial charge < -0.3 is 18.9 Å². The summed E-state index contributed by atoms with van der Waals surface area (Å²) in [5.41, 5.74) is -0.569. The van der Waals surface area contributed by atoms with Gasteiger partial charge in [-0.1, -0.05) is 81.1 Å². The Morgan fingerprint density at radius 3 is 0.810 bits per heavy atom. The van der Waals surface area contributed by atoms with Crippen LogP contribution in [0.5, 0.6) is 0 Å². The smallest absolute Gasteiger partial charge is 0.339 e. The normalized spacial score (nSPS) is 13.9. The van der Waals surface area contributed by atoms with Gasteiger partial charge in [-0.3, -0.25) is 0 Å². The van der Waals surface area contributed by atoms with E-state index in [2.05, 4.69) is 0 Å². The summed E-state index contributed by atoms with van der Waals surface area (Å²) in [6.07, 6.45) is 7.22. The van der Waals surface area contributed by atoms with Crippen LogP contribution < -0.4 is 0 Å². The summed E-state index contributed by atoms with van der Waals surface area (Å²) in [5, 5.41) is 0. The first-order chi connectivity index (χ1) is 20.0. The summed E-state index contributed by atoms with van der Waals surface area (Å²) in [4.78, 5) is 53.3. The van der Waals surface area contributed by atoms with Crippen LogP contribution in [0.15, 0.2) is 12.1 Å². The van der Waals surface area contributed by atoms with Crippen LogP contribution in [-0.4, -0.2) is 50.3 Å². The predicted molar refractivity (Wildman–Crippen MR) is 164 cm³/mol. The number of hydrogen-bond acceptors (Lipinski definition) is 8. The lowest BCUT2D eigenvalue weighted by Gasteiger charge is -2.18. The van der Waals surface area contributed by atoms with Crippen molar-refractivity contribution in [3.63, 3.8) is 0 Å². The third kappa shape index (κ3) is 13.0. The van der Waals surface area contributed by atoms with E-state index < -0.39 is 23.9 Å². The fraction of sp³-hybridized carbons (Fsp3) is 0.706. The quantitative estimate of drug-likeness (QED) is 0.111. The lowest BCUT2D eigenvalue weighted by atomic mass is 9.97. The Balaban J connectivity index is 3.56. The second kappa shape index (κ2) is 20.1. The molecule has 0 aromatic heterocycles. The number of carbonyl (C=O) groups is 4. The van der Waals surface area contributed by atoms with Gasteiger partial charge in [-0.25, -0.2) is 19.2 Å². The third-order valence-corrected chi connectivity index (χ3v) is 7.16. The minimum absolute atomic E-state index is 0.119. The van der Waals surface area contributed by atoms with Gasteiger partial charge in [0.1, 0.15) is 0 Å². The van der Waals surface area contributed by atoms with E-state index in [1.807, 2.05) is 55.4 Å². The molecule has 8 nitrogen and oxygen atoms in total. The van der Waals surface area contributed by atoms with Crippen molar-refractivity contribution in [1.29, 1.82) is 0 Å². The third-order valence-electron chi connectivity index (χ3n) is 7.16. The average molecular weight is 591 g/mol. The molecule has 0 bridgehead atoms. The van der Waals surface area contributed by atoms with E-state index in [-0.39, 0.29) is 72.4 Å². The van der Waals surface area contributed by atoms with Crippen LogP contribution >= 0.6 is 0 Å². The van der Waals surface area contributed by atoms with Crippen molar-refractivity contribution in [3.05, 3.63) is 34.4 Å². The predicted octanol–water partition coefficient (Wildman–Crippen LogP) is 8.06. The van der Waals surface area contributed by atoms with Gasteiger partial charge in [0, 0.05) is 0 Å². The number of ether oxygens (including phenoxy) is 4. The van der Waals surface area contributed by atoms with E-state index in [1.165, 1.54) is 12.1 Å².